The Hall–Kier alpha value is -1.10. The van der Waals surface area contributed by atoms with Crippen LogP contribution in [0.4, 0.5) is 5.13 Å². The molecule has 1 amide bonds. The highest BCUT2D eigenvalue weighted by molar-refractivity contribution is 7.13. The number of nitrogens with zero attached hydrogens (tertiary/aromatic N) is 2. The van der Waals surface area contributed by atoms with Gasteiger partial charge < -0.3 is 10.6 Å². The summed E-state index contributed by atoms with van der Waals surface area (Å²) in [7, 11) is 0. The average molecular weight is 265 g/mol. The molecule has 1 aliphatic heterocycles. The van der Waals surface area contributed by atoms with Crippen molar-refractivity contribution in [3.8, 4) is 0 Å². The number of nitrogens with two attached hydrogens (primary N) is 1. The van der Waals surface area contributed by atoms with Crippen molar-refractivity contribution in [2.24, 2.45) is 5.92 Å². The highest BCUT2D eigenvalue weighted by Crippen LogP contribution is 2.36. The summed E-state index contributed by atoms with van der Waals surface area (Å²) >= 11 is 1.47. The Morgan fingerprint density at radius 2 is 2.17 bits per heavy atom. The molecule has 4 nitrogen and oxygen atoms in total. The van der Waals surface area contributed by atoms with Gasteiger partial charge in [0.1, 0.15) is 0 Å². The number of hydrogen-bond donors (Lipinski definition) is 1. The fourth-order valence-electron chi connectivity index (χ4n) is 2.85. The maximum absolute atomic E-state index is 12.4. The first-order chi connectivity index (χ1) is 8.75. The molecule has 98 valence electrons. The second-order valence-electron chi connectivity index (χ2n) is 5.28. The third-order valence-electron chi connectivity index (χ3n) is 4.12. The lowest BCUT2D eigenvalue weighted by molar-refractivity contribution is -0.142. The van der Waals surface area contributed by atoms with Crippen LogP contribution in [0.25, 0.3) is 0 Å². The Balaban J connectivity index is 1.79. The van der Waals surface area contributed by atoms with Crippen molar-refractivity contribution in [3.05, 3.63) is 11.1 Å². The van der Waals surface area contributed by atoms with E-state index in [-0.39, 0.29) is 12.0 Å². The molecule has 0 radical (unpaired) electrons. The van der Waals surface area contributed by atoms with E-state index in [1.165, 1.54) is 24.2 Å². The molecule has 2 fully saturated rings. The summed E-state index contributed by atoms with van der Waals surface area (Å²) in [6.45, 7) is 0.886. The SMILES string of the molecule is Nc1nc([C@H]2CCCCN2C(=O)C2CCC2)cs1. The zero-order valence-electron chi connectivity index (χ0n) is 10.5. The molecule has 2 heterocycles. The number of thiazole rings is 1. The van der Waals surface area contributed by atoms with Gasteiger partial charge in [0.25, 0.3) is 0 Å². The van der Waals surface area contributed by atoms with E-state index in [1.54, 1.807) is 0 Å². The molecule has 1 atom stereocenters. The van der Waals surface area contributed by atoms with Crippen molar-refractivity contribution in [2.75, 3.05) is 12.3 Å². The minimum atomic E-state index is 0.167. The van der Waals surface area contributed by atoms with E-state index in [1.807, 2.05) is 5.38 Å². The second kappa shape index (κ2) is 4.88. The number of carbonyl (C=O) groups is 1. The number of anilines is 1. The third-order valence-corrected chi connectivity index (χ3v) is 4.81. The molecular formula is C13H19N3OS. The van der Waals surface area contributed by atoms with Gasteiger partial charge in [0.2, 0.25) is 5.91 Å². The summed E-state index contributed by atoms with van der Waals surface area (Å²) in [4.78, 5) is 18.9. The number of amides is 1. The molecule has 0 unspecified atom stereocenters. The van der Waals surface area contributed by atoms with E-state index in [4.69, 9.17) is 5.73 Å². The van der Waals surface area contributed by atoms with Gasteiger partial charge in [0.15, 0.2) is 5.13 Å². The molecule has 5 heteroatoms. The summed E-state index contributed by atoms with van der Waals surface area (Å²) in [6, 6.07) is 0.167. The van der Waals surface area contributed by atoms with E-state index in [9.17, 15) is 4.79 Å². The maximum Gasteiger partial charge on any atom is 0.226 e. The first kappa shape index (κ1) is 12.0. The van der Waals surface area contributed by atoms with Crippen molar-refractivity contribution in [2.45, 2.75) is 44.6 Å². The van der Waals surface area contributed by atoms with E-state index in [0.29, 0.717) is 11.0 Å². The van der Waals surface area contributed by atoms with Gasteiger partial charge >= 0.3 is 0 Å². The molecule has 2 N–H and O–H groups in total. The monoisotopic (exact) mass is 265 g/mol. The lowest BCUT2D eigenvalue weighted by Crippen LogP contribution is -2.43. The Labute approximate surface area is 111 Å². The zero-order valence-corrected chi connectivity index (χ0v) is 11.3. The number of aromatic nitrogens is 1. The van der Waals surface area contributed by atoms with Gasteiger partial charge in [0.05, 0.1) is 11.7 Å². The van der Waals surface area contributed by atoms with Crippen LogP contribution in [0.5, 0.6) is 0 Å². The lowest BCUT2D eigenvalue weighted by Gasteiger charge is -2.39. The summed E-state index contributed by atoms with van der Waals surface area (Å²) in [5.74, 6) is 0.624. The summed E-state index contributed by atoms with van der Waals surface area (Å²) in [5.41, 5.74) is 6.70. The quantitative estimate of drug-likeness (QED) is 0.894. The highest BCUT2D eigenvalue weighted by Gasteiger charge is 2.35. The van der Waals surface area contributed by atoms with Gasteiger partial charge in [-0.2, -0.15) is 0 Å². The molecule has 1 aliphatic carbocycles. The summed E-state index contributed by atoms with van der Waals surface area (Å²) in [5, 5.41) is 2.61. The van der Waals surface area contributed by atoms with E-state index in [2.05, 4.69) is 9.88 Å². The first-order valence-electron chi connectivity index (χ1n) is 6.77. The second-order valence-corrected chi connectivity index (χ2v) is 6.17. The van der Waals surface area contributed by atoms with Crippen LogP contribution in [0.1, 0.15) is 50.3 Å². The Morgan fingerprint density at radius 3 is 2.78 bits per heavy atom. The number of nitrogen functional groups attached to an aromatic ring is 1. The number of carbonyl (C=O) groups excluding carboxylic acids is 1. The number of hydrogen-bond acceptors (Lipinski definition) is 4. The average Bonchev–Trinajstić information content (AvgIpc) is 2.73. The Bertz CT molecular complexity index is 441. The number of likely N-dealkylation sites (tertiary alicyclic amines) is 1. The normalized spacial score (nSPS) is 24.9. The van der Waals surface area contributed by atoms with E-state index in [0.717, 1.165) is 37.9 Å². The van der Waals surface area contributed by atoms with Gasteiger partial charge in [-0.1, -0.05) is 6.42 Å². The summed E-state index contributed by atoms with van der Waals surface area (Å²) in [6.07, 6.45) is 6.67. The number of rotatable bonds is 2. The van der Waals surface area contributed by atoms with E-state index < -0.39 is 0 Å². The van der Waals surface area contributed by atoms with Crippen LogP contribution in [0.2, 0.25) is 0 Å². The lowest BCUT2D eigenvalue weighted by atomic mass is 9.83. The molecule has 1 aromatic rings. The predicted octanol–water partition coefficient (Wildman–Crippen LogP) is 2.58. The van der Waals surface area contributed by atoms with Crippen LogP contribution in [0, 0.1) is 5.92 Å². The maximum atomic E-state index is 12.4. The van der Waals surface area contributed by atoms with Crippen molar-refractivity contribution >= 4 is 22.4 Å². The zero-order chi connectivity index (χ0) is 12.5. The molecule has 1 saturated carbocycles. The van der Waals surface area contributed by atoms with Gasteiger partial charge in [-0.15, -0.1) is 11.3 Å². The molecule has 1 aromatic heterocycles. The highest BCUT2D eigenvalue weighted by atomic mass is 32.1. The van der Waals surface area contributed by atoms with Crippen molar-refractivity contribution in [3.63, 3.8) is 0 Å². The van der Waals surface area contributed by atoms with Crippen LogP contribution < -0.4 is 5.73 Å². The van der Waals surface area contributed by atoms with Crippen molar-refractivity contribution in [1.29, 1.82) is 0 Å². The van der Waals surface area contributed by atoms with Gasteiger partial charge in [0, 0.05) is 17.8 Å². The van der Waals surface area contributed by atoms with Crippen LogP contribution in [0.3, 0.4) is 0 Å². The largest absolute Gasteiger partial charge is 0.375 e. The van der Waals surface area contributed by atoms with Crippen molar-refractivity contribution < 1.29 is 4.79 Å². The predicted molar refractivity (Wildman–Crippen MR) is 72.2 cm³/mol. The van der Waals surface area contributed by atoms with E-state index >= 15 is 0 Å². The molecule has 0 aromatic carbocycles. The van der Waals surface area contributed by atoms with Crippen LogP contribution in [-0.2, 0) is 4.79 Å². The minimum absolute atomic E-state index is 0.167. The third kappa shape index (κ3) is 2.11. The molecule has 1 saturated heterocycles. The van der Waals surface area contributed by atoms with Crippen LogP contribution in [-0.4, -0.2) is 22.3 Å². The van der Waals surface area contributed by atoms with Crippen LogP contribution >= 0.6 is 11.3 Å². The van der Waals surface area contributed by atoms with Gasteiger partial charge in [-0.3, -0.25) is 4.79 Å². The Morgan fingerprint density at radius 1 is 1.33 bits per heavy atom. The smallest absolute Gasteiger partial charge is 0.226 e. The topological polar surface area (TPSA) is 59.2 Å². The fourth-order valence-corrected chi connectivity index (χ4v) is 3.46. The molecule has 2 aliphatic rings. The standard InChI is InChI=1S/C13H19N3OS/c14-13-15-10(8-18-13)11-6-1-2-7-16(11)12(17)9-4-3-5-9/h8-9,11H,1-7H2,(H2,14,15)/t11-/m1/s1. The molecule has 0 spiro atoms. The van der Waals surface area contributed by atoms with Crippen LogP contribution in [0.15, 0.2) is 5.38 Å². The molecule has 3 rings (SSSR count). The fraction of sp³-hybridized carbons (Fsp3) is 0.692. The van der Waals surface area contributed by atoms with Gasteiger partial charge in [-0.25, -0.2) is 4.98 Å². The van der Waals surface area contributed by atoms with Crippen molar-refractivity contribution in [1.82, 2.24) is 9.88 Å². The number of piperidine rings is 1. The minimum Gasteiger partial charge on any atom is -0.375 e. The summed E-state index contributed by atoms with van der Waals surface area (Å²) < 4.78 is 0. The first-order valence-corrected chi connectivity index (χ1v) is 7.65. The Kier molecular flexibility index (Phi) is 3.24. The molecular weight excluding hydrogens is 246 g/mol. The molecule has 0 bridgehead atoms. The van der Waals surface area contributed by atoms with Gasteiger partial charge in [-0.05, 0) is 32.1 Å². The molecule has 18 heavy (non-hydrogen) atoms.